The summed E-state index contributed by atoms with van der Waals surface area (Å²) in [6.45, 7) is 3.33. The van der Waals surface area contributed by atoms with Crippen molar-refractivity contribution in [1.29, 1.82) is 0 Å². The second-order valence-corrected chi connectivity index (χ2v) is 4.25. The summed E-state index contributed by atoms with van der Waals surface area (Å²) < 4.78 is 0. The van der Waals surface area contributed by atoms with Crippen molar-refractivity contribution in [3.63, 3.8) is 0 Å². The van der Waals surface area contributed by atoms with E-state index in [2.05, 4.69) is 24.4 Å². The fraction of sp³-hybridized carbons (Fsp3) is 0.500. The van der Waals surface area contributed by atoms with Gasteiger partial charge in [-0.15, -0.1) is 0 Å². The molecular weight excluding hydrogens is 172 g/mol. The van der Waals surface area contributed by atoms with Gasteiger partial charge >= 0.3 is 0 Å². The number of hydrogen-bond donors (Lipinski definition) is 2. The minimum atomic E-state index is 0.648. The summed E-state index contributed by atoms with van der Waals surface area (Å²) in [4.78, 5) is 0. The summed E-state index contributed by atoms with van der Waals surface area (Å²) in [5.41, 5.74) is 8.03. The quantitative estimate of drug-likeness (QED) is 0.666. The van der Waals surface area contributed by atoms with Crippen LogP contribution in [-0.4, -0.2) is 12.6 Å². The zero-order valence-corrected chi connectivity index (χ0v) is 8.66. The number of anilines is 1. The van der Waals surface area contributed by atoms with Crippen molar-refractivity contribution >= 4 is 5.69 Å². The van der Waals surface area contributed by atoms with E-state index >= 15 is 0 Å². The summed E-state index contributed by atoms with van der Waals surface area (Å²) in [6.07, 6.45) is 2.54. The molecule has 0 aromatic heterocycles. The molecule has 1 saturated heterocycles. The lowest BCUT2D eigenvalue weighted by molar-refractivity contribution is 0.385. The van der Waals surface area contributed by atoms with Crippen LogP contribution in [0.25, 0.3) is 0 Å². The summed E-state index contributed by atoms with van der Waals surface area (Å²) in [5.74, 6) is 0.648. The fourth-order valence-electron chi connectivity index (χ4n) is 2.10. The summed E-state index contributed by atoms with van der Waals surface area (Å²) in [5, 5.41) is 3.51. The van der Waals surface area contributed by atoms with Gasteiger partial charge in [0, 0.05) is 18.3 Å². The van der Waals surface area contributed by atoms with Crippen molar-refractivity contribution in [3.05, 3.63) is 29.8 Å². The van der Waals surface area contributed by atoms with E-state index in [-0.39, 0.29) is 0 Å². The molecular formula is C12H18N2. The molecule has 1 aromatic rings. The van der Waals surface area contributed by atoms with Gasteiger partial charge in [0.1, 0.15) is 0 Å². The average molecular weight is 190 g/mol. The van der Waals surface area contributed by atoms with Gasteiger partial charge < -0.3 is 11.1 Å². The van der Waals surface area contributed by atoms with Crippen LogP contribution < -0.4 is 11.1 Å². The summed E-state index contributed by atoms with van der Waals surface area (Å²) >= 11 is 0. The SMILES string of the molecule is CC1CCC(c2cccc(N)c2)CN1. The first kappa shape index (κ1) is 9.53. The zero-order chi connectivity index (χ0) is 9.97. The molecule has 0 amide bonds. The van der Waals surface area contributed by atoms with Gasteiger partial charge in [0.2, 0.25) is 0 Å². The molecule has 2 unspecified atom stereocenters. The van der Waals surface area contributed by atoms with Crippen LogP contribution in [0.4, 0.5) is 5.69 Å². The smallest absolute Gasteiger partial charge is 0.0316 e. The number of nitrogens with two attached hydrogens (primary N) is 1. The molecule has 0 saturated carbocycles. The van der Waals surface area contributed by atoms with Crippen LogP contribution in [0.3, 0.4) is 0 Å². The molecule has 2 rings (SSSR count). The van der Waals surface area contributed by atoms with Gasteiger partial charge in [-0.05, 0) is 43.4 Å². The minimum absolute atomic E-state index is 0.648. The van der Waals surface area contributed by atoms with E-state index < -0.39 is 0 Å². The van der Waals surface area contributed by atoms with Gasteiger partial charge in [-0.25, -0.2) is 0 Å². The van der Waals surface area contributed by atoms with Crippen LogP contribution in [0.2, 0.25) is 0 Å². The van der Waals surface area contributed by atoms with Gasteiger partial charge in [0.15, 0.2) is 0 Å². The Kier molecular flexibility index (Phi) is 2.73. The monoisotopic (exact) mass is 190 g/mol. The lowest BCUT2D eigenvalue weighted by atomic mass is 9.89. The van der Waals surface area contributed by atoms with Crippen LogP contribution in [0.1, 0.15) is 31.2 Å². The van der Waals surface area contributed by atoms with Crippen LogP contribution in [-0.2, 0) is 0 Å². The van der Waals surface area contributed by atoms with E-state index in [0.717, 1.165) is 12.2 Å². The summed E-state index contributed by atoms with van der Waals surface area (Å²) in [6, 6.07) is 8.94. The molecule has 1 fully saturated rings. The van der Waals surface area contributed by atoms with Crippen LogP contribution in [0.15, 0.2) is 24.3 Å². The normalized spacial score (nSPS) is 27.5. The van der Waals surface area contributed by atoms with E-state index in [1.165, 1.54) is 18.4 Å². The minimum Gasteiger partial charge on any atom is -0.399 e. The van der Waals surface area contributed by atoms with Crippen LogP contribution >= 0.6 is 0 Å². The predicted molar refractivity (Wildman–Crippen MR) is 60.3 cm³/mol. The molecule has 1 aromatic carbocycles. The Labute approximate surface area is 85.5 Å². The molecule has 3 N–H and O–H groups in total. The molecule has 1 aliphatic heterocycles. The Bertz CT molecular complexity index is 301. The maximum atomic E-state index is 5.77. The molecule has 0 aliphatic carbocycles. The topological polar surface area (TPSA) is 38.0 Å². The molecule has 1 heterocycles. The first-order valence-electron chi connectivity index (χ1n) is 5.34. The highest BCUT2D eigenvalue weighted by Gasteiger charge is 2.18. The highest BCUT2D eigenvalue weighted by Crippen LogP contribution is 2.26. The second-order valence-electron chi connectivity index (χ2n) is 4.25. The molecule has 14 heavy (non-hydrogen) atoms. The van der Waals surface area contributed by atoms with E-state index in [0.29, 0.717) is 12.0 Å². The number of benzene rings is 1. The Balaban J connectivity index is 2.08. The average Bonchev–Trinajstić information content (AvgIpc) is 2.19. The molecule has 76 valence electrons. The number of nitrogen functional groups attached to an aromatic ring is 1. The van der Waals surface area contributed by atoms with Crippen molar-refractivity contribution in [2.75, 3.05) is 12.3 Å². The first-order chi connectivity index (χ1) is 6.75. The highest BCUT2D eigenvalue weighted by molar-refractivity contribution is 5.42. The predicted octanol–water partition coefficient (Wildman–Crippen LogP) is 2.12. The van der Waals surface area contributed by atoms with Crippen molar-refractivity contribution in [3.8, 4) is 0 Å². The number of nitrogens with one attached hydrogen (secondary N) is 1. The van der Waals surface area contributed by atoms with E-state index in [1.807, 2.05) is 12.1 Å². The lowest BCUT2D eigenvalue weighted by Crippen LogP contribution is -2.35. The van der Waals surface area contributed by atoms with E-state index in [4.69, 9.17) is 5.73 Å². The third-order valence-electron chi connectivity index (χ3n) is 3.04. The molecule has 0 spiro atoms. The standard InChI is InChI=1S/C12H18N2/c1-9-5-6-11(8-14-9)10-3-2-4-12(13)7-10/h2-4,7,9,11,14H,5-6,8,13H2,1H3. The van der Waals surface area contributed by atoms with Gasteiger partial charge in [0.05, 0.1) is 0 Å². The third-order valence-corrected chi connectivity index (χ3v) is 3.04. The number of piperidine rings is 1. The zero-order valence-electron chi connectivity index (χ0n) is 8.66. The molecule has 0 radical (unpaired) electrons. The fourth-order valence-corrected chi connectivity index (χ4v) is 2.10. The number of rotatable bonds is 1. The van der Waals surface area contributed by atoms with Crippen LogP contribution in [0.5, 0.6) is 0 Å². The van der Waals surface area contributed by atoms with E-state index in [9.17, 15) is 0 Å². The Morgan fingerprint density at radius 1 is 1.36 bits per heavy atom. The molecule has 2 atom stereocenters. The third kappa shape index (κ3) is 2.07. The molecule has 0 bridgehead atoms. The number of hydrogen-bond acceptors (Lipinski definition) is 2. The van der Waals surface area contributed by atoms with Crippen molar-refractivity contribution < 1.29 is 0 Å². The van der Waals surface area contributed by atoms with Gasteiger partial charge in [-0.2, -0.15) is 0 Å². The Morgan fingerprint density at radius 3 is 2.86 bits per heavy atom. The maximum absolute atomic E-state index is 5.77. The van der Waals surface area contributed by atoms with Gasteiger partial charge in [0.25, 0.3) is 0 Å². The molecule has 2 heteroatoms. The van der Waals surface area contributed by atoms with E-state index in [1.54, 1.807) is 0 Å². The Morgan fingerprint density at radius 2 is 2.21 bits per heavy atom. The second kappa shape index (κ2) is 4.01. The van der Waals surface area contributed by atoms with Crippen molar-refractivity contribution in [2.45, 2.75) is 31.7 Å². The Hall–Kier alpha value is -1.02. The molecule has 1 aliphatic rings. The first-order valence-corrected chi connectivity index (χ1v) is 5.34. The maximum Gasteiger partial charge on any atom is 0.0316 e. The molecule has 2 nitrogen and oxygen atoms in total. The lowest BCUT2D eigenvalue weighted by Gasteiger charge is -2.28. The summed E-state index contributed by atoms with van der Waals surface area (Å²) in [7, 11) is 0. The highest BCUT2D eigenvalue weighted by atomic mass is 14.9. The van der Waals surface area contributed by atoms with Crippen molar-refractivity contribution in [1.82, 2.24) is 5.32 Å². The largest absolute Gasteiger partial charge is 0.399 e. The van der Waals surface area contributed by atoms with Gasteiger partial charge in [-0.1, -0.05) is 12.1 Å². The van der Waals surface area contributed by atoms with Crippen LogP contribution in [0, 0.1) is 0 Å². The van der Waals surface area contributed by atoms with Crippen molar-refractivity contribution in [2.24, 2.45) is 0 Å². The van der Waals surface area contributed by atoms with Gasteiger partial charge in [-0.3, -0.25) is 0 Å².